The SMILES string of the molecule is CC(=O)c1ccc(N2CCC3CCC(C2)N3C)cc1O. The highest BCUT2D eigenvalue weighted by Gasteiger charge is 2.34. The molecule has 0 amide bonds. The van der Waals surface area contributed by atoms with E-state index in [2.05, 4.69) is 16.8 Å². The Hall–Kier alpha value is -1.55. The van der Waals surface area contributed by atoms with Crippen molar-refractivity contribution in [2.75, 3.05) is 25.0 Å². The maximum Gasteiger partial charge on any atom is 0.163 e. The molecule has 20 heavy (non-hydrogen) atoms. The van der Waals surface area contributed by atoms with Gasteiger partial charge in [-0.2, -0.15) is 0 Å². The third-order valence-electron chi connectivity index (χ3n) is 4.87. The largest absolute Gasteiger partial charge is 0.507 e. The lowest BCUT2D eigenvalue weighted by molar-refractivity contribution is 0.101. The summed E-state index contributed by atoms with van der Waals surface area (Å²) in [5, 5.41) is 9.99. The van der Waals surface area contributed by atoms with E-state index in [1.807, 2.05) is 6.07 Å². The molecule has 0 spiro atoms. The minimum atomic E-state index is -0.0938. The van der Waals surface area contributed by atoms with E-state index in [4.69, 9.17) is 0 Å². The Balaban J connectivity index is 1.83. The summed E-state index contributed by atoms with van der Waals surface area (Å²) in [4.78, 5) is 16.2. The summed E-state index contributed by atoms with van der Waals surface area (Å²) in [6.07, 6.45) is 3.74. The van der Waals surface area contributed by atoms with Crippen LogP contribution in [0.3, 0.4) is 0 Å². The van der Waals surface area contributed by atoms with Crippen molar-refractivity contribution >= 4 is 11.5 Å². The Labute approximate surface area is 120 Å². The van der Waals surface area contributed by atoms with E-state index in [1.165, 1.54) is 26.2 Å². The molecule has 0 aromatic heterocycles. The number of Topliss-reactive ketones (excluding diaryl/α,β-unsaturated/α-hetero) is 1. The number of anilines is 1. The van der Waals surface area contributed by atoms with Gasteiger partial charge in [-0.05, 0) is 45.4 Å². The van der Waals surface area contributed by atoms with Crippen LogP contribution < -0.4 is 4.90 Å². The number of ketones is 1. The molecule has 2 unspecified atom stereocenters. The summed E-state index contributed by atoms with van der Waals surface area (Å²) in [7, 11) is 2.22. The van der Waals surface area contributed by atoms with Crippen LogP contribution >= 0.6 is 0 Å². The van der Waals surface area contributed by atoms with Gasteiger partial charge < -0.3 is 10.0 Å². The fourth-order valence-electron chi connectivity index (χ4n) is 3.56. The number of fused-ring (bicyclic) bond motifs is 2. The van der Waals surface area contributed by atoms with Gasteiger partial charge in [0.15, 0.2) is 5.78 Å². The molecule has 1 aromatic rings. The molecule has 2 bridgehead atoms. The van der Waals surface area contributed by atoms with Crippen molar-refractivity contribution in [1.82, 2.24) is 4.90 Å². The first-order chi connectivity index (χ1) is 9.56. The van der Waals surface area contributed by atoms with Crippen molar-refractivity contribution in [3.8, 4) is 5.75 Å². The zero-order valence-electron chi connectivity index (χ0n) is 12.2. The number of phenols is 1. The van der Waals surface area contributed by atoms with Crippen LogP contribution in [-0.4, -0.2) is 48.0 Å². The number of hydrogen-bond donors (Lipinski definition) is 1. The quantitative estimate of drug-likeness (QED) is 0.840. The van der Waals surface area contributed by atoms with E-state index in [9.17, 15) is 9.90 Å². The summed E-state index contributed by atoms with van der Waals surface area (Å²) in [6.45, 7) is 3.50. The Kier molecular flexibility index (Phi) is 3.42. The van der Waals surface area contributed by atoms with Crippen LogP contribution in [0.25, 0.3) is 0 Å². The molecule has 108 valence electrons. The number of likely N-dealkylation sites (N-methyl/N-ethyl adjacent to an activating group) is 1. The third-order valence-corrected chi connectivity index (χ3v) is 4.87. The number of benzene rings is 1. The van der Waals surface area contributed by atoms with Crippen molar-refractivity contribution in [2.24, 2.45) is 0 Å². The Morgan fingerprint density at radius 1 is 1.25 bits per heavy atom. The maximum atomic E-state index is 11.4. The summed E-state index contributed by atoms with van der Waals surface area (Å²) in [6, 6.07) is 6.73. The topological polar surface area (TPSA) is 43.8 Å². The summed E-state index contributed by atoms with van der Waals surface area (Å²) < 4.78 is 0. The van der Waals surface area contributed by atoms with Crippen LogP contribution in [0.2, 0.25) is 0 Å². The molecule has 2 aliphatic rings. The molecule has 2 saturated heterocycles. The van der Waals surface area contributed by atoms with Crippen LogP contribution in [0, 0.1) is 0 Å². The molecule has 0 aliphatic carbocycles. The van der Waals surface area contributed by atoms with Gasteiger partial charge in [-0.1, -0.05) is 0 Å². The molecule has 1 N–H and O–H groups in total. The predicted octanol–water partition coefficient (Wildman–Crippen LogP) is 2.27. The Morgan fingerprint density at radius 3 is 2.70 bits per heavy atom. The van der Waals surface area contributed by atoms with Gasteiger partial charge in [0.25, 0.3) is 0 Å². The van der Waals surface area contributed by atoms with E-state index < -0.39 is 0 Å². The normalized spacial score (nSPS) is 26.6. The highest BCUT2D eigenvalue weighted by Crippen LogP contribution is 2.32. The minimum absolute atomic E-state index is 0.0938. The molecule has 4 nitrogen and oxygen atoms in total. The van der Waals surface area contributed by atoms with Crippen LogP contribution in [-0.2, 0) is 0 Å². The average molecular weight is 274 g/mol. The van der Waals surface area contributed by atoms with E-state index >= 15 is 0 Å². The van der Waals surface area contributed by atoms with Gasteiger partial charge in [-0.25, -0.2) is 0 Å². The van der Waals surface area contributed by atoms with E-state index in [-0.39, 0.29) is 11.5 Å². The zero-order chi connectivity index (χ0) is 14.3. The molecule has 2 atom stereocenters. The molecule has 3 rings (SSSR count). The van der Waals surface area contributed by atoms with Crippen molar-refractivity contribution in [1.29, 1.82) is 0 Å². The molecular formula is C16H22N2O2. The van der Waals surface area contributed by atoms with Gasteiger partial charge in [0, 0.05) is 36.9 Å². The van der Waals surface area contributed by atoms with Crippen LogP contribution in [0.4, 0.5) is 5.69 Å². The molecule has 2 fully saturated rings. The Morgan fingerprint density at radius 2 is 2.00 bits per heavy atom. The van der Waals surface area contributed by atoms with Gasteiger partial charge in [0.1, 0.15) is 5.75 Å². The van der Waals surface area contributed by atoms with E-state index in [0.29, 0.717) is 17.6 Å². The second kappa shape index (κ2) is 5.09. The van der Waals surface area contributed by atoms with Gasteiger partial charge >= 0.3 is 0 Å². The molecule has 0 saturated carbocycles. The number of hydrogen-bond acceptors (Lipinski definition) is 4. The molecule has 2 aliphatic heterocycles. The van der Waals surface area contributed by atoms with E-state index in [1.54, 1.807) is 12.1 Å². The van der Waals surface area contributed by atoms with Crippen molar-refractivity contribution < 1.29 is 9.90 Å². The highest BCUT2D eigenvalue weighted by molar-refractivity contribution is 5.97. The third kappa shape index (κ3) is 2.29. The van der Waals surface area contributed by atoms with Crippen molar-refractivity contribution in [3.05, 3.63) is 23.8 Å². The number of aromatic hydroxyl groups is 1. The lowest BCUT2D eigenvalue weighted by atomic mass is 10.1. The first kappa shape index (κ1) is 13.4. The first-order valence-electron chi connectivity index (χ1n) is 7.37. The standard InChI is InChI=1S/C16H22N2O2/c1-11(19)15-6-5-13(9-16(15)20)18-8-7-12-3-4-14(10-18)17(12)2/h5-6,9,12,14,20H,3-4,7-8,10H2,1-2H3. The van der Waals surface area contributed by atoms with Gasteiger partial charge in [-0.3, -0.25) is 9.69 Å². The number of carbonyl (C=O) groups is 1. The first-order valence-corrected chi connectivity index (χ1v) is 7.37. The smallest absolute Gasteiger partial charge is 0.163 e. The van der Waals surface area contributed by atoms with Crippen molar-refractivity contribution in [3.63, 3.8) is 0 Å². The fraction of sp³-hybridized carbons (Fsp3) is 0.562. The summed E-state index contributed by atoms with van der Waals surface area (Å²) in [5.41, 5.74) is 1.43. The van der Waals surface area contributed by atoms with Gasteiger partial charge in [0.05, 0.1) is 5.56 Å². The maximum absolute atomic E-state index is 11.4. The zero-order valence-corrected chi connectivity index (χ0v) is 12.2. The minimum Gasteiger partial charge on any atom is -0.507 e. The molecule has 1 aromatic carbocycles. The Bertz CT molecular complexity index is 529. The van der Waals surface area contributed by atoms with E-state index in [0.717, 1.165) is 18.8 Å². The van der Waals surface area contributed by atoms with Gasteiger partial charge in [-0.15, -0.1) is 0 Å². The lowest BCUT2D eigenvalue weighted by Crippen LogP contribution is -2.36. The second-order valence-corrected chi connectivity index (χ2v) is 6.04. The highest BCUT2D eigenvalue weighted by atomic mass is 16.3. The van der Waals surface area contributed by atoms with Crippen LogP contribution in [0.5, 0.6) is 5.75 Å². The molecule has 0 radical (unpaired) electrons. The summed E-state index contributed by atoms with van der Waals surface area (Å²) in [5.74, 6) is 0.00136. The van der Waals surface area contributed by atoms with Crippen LogP contribution in [0.15, 0.2) is 18.2 Å². The van der Waals surface area contributed by atoms with Crippen molar-refractivity contribution in [2.45, 2.75) is 38.3 Å². The number of nitrogens with zero attached hydrogens (tertiary/aromatic N) is 2. The number of carbonyl (C=O) groups excluding carboxylic acids is 1. The predicted molar refractivity (Wildman–Crippen MR) is 79.5 cm³/mol. The number of rotatable bonds is 2. The monoisotopic (exact) mass is 274 g/mol. The molecular weight excluding hydrogens is 252 g/mol. The van der Waals surface area contributed by atoms with Gasteiger partial charge in [0.2, 0.25) is 0 Å². The fourth-order valence-corrected chi connectivity index (χ4v) is 3.56. The van der Waals surface area contributed by atoms with Crippen LogP contribution in [0.1, 0.15) is 36.5 Å². The second-order valence-electron chi connectivity index (χ2n) is 6.04. The molecule has 2 heterocycles. The lowest BCUT2D eigenvalue weighted by Gasteiger charge is -2.27. The average Bonchev–Trinajstić information content (AvgIpc) is 2.62. The molecule has 4 heteroatoms. The summed E-state index contributed by atoms with van der Waals surface area (Å²) >= 11 is 0. The number of phenolic OH excluding ortho intramolecular Hbond substituents is 1.